The third-order valence-electron chi connectivity index (χ3n) is 12.0. The number of nitrogens with zero attached hydrogens (tertiary/aromatic N) is 3. The molecule has 0 unspecified atom stereocenters. The maximum Gasteiger partial charge on any atom is 2.00 e. The Labute approximate surface area is 398 Å². The van der Waals surface area contributed by atoms with E-state index in [1.54, 1.807) is 10.8 Å². The number of benzene rings is 5. The van der Waals surface area contributed by atoms with Gasteiger partial charge in [0.05, 0.1) is 29.7 Å². The van der Waals surface area contributed by atoms with Crippen molar-refractivity contribution in [1.29, 1.82) is 0 Å². The van der Waals surface area contributed by atoms with Crippen LogP contribution in [-0.2, 0) is 31.8 Å². The Balaban J connectivity index is 0.000000984. The summed E-state index contributed by atoms with van der Waals surface area (Å²) in [5.74, 6) is 7.26. The van der Waals surface area contributed by atoms with E-state index in [0.29, 0.717) is 18.7 Å². The summed E-state index contributed by atoms with van der Waals surface area (Å²) in [6.07, 6.45) is 18.2. The first-order chi connectivity index (χ1) is 31.2. The van der Waals surface area contributed by atoms with Gasteiger partial charge in [0, 0.05) is 19.3 Å². The summed E-state index contributed by atoms with van der Waals surface area (Å²) in [6, 6.07) is 53.1. The molecule has 2 atom stereocenters. The molecule has 65 heavy (non-hydrogen) atoms. The van der Waals surface area contributed by atoms with E-state index in [-0.39, 0.29) is 34.5 Å². The van der Waals surface area contributed by atoms with Crippen LogP contribution in [0, 0.1) is 75.5 Å². The van der Waals surface area contributed by atoms with Gasteiger partial charge in [0.15, 0.2) is 6.23 Å². The molecule has 3 aliphatic rings. The summed E-state index contributed by atoms with van der Waals surface area (Å²) in [5.41, 5.74) is 8.80. The first-order valence-electron chi connectivity index (χ1n) is 21.8. The quantitative estimate of drug-likeness (QED) is 0.0846. The monoisotopic (exact) mass is 914 g/mol. The fraction of sp³-hybridized carbons (Fsp3) is 0.179. The van der Waals surface area contributed by atoms with Crippen LogP contribution in [0.3, 0.4) is 0 Å². The summed E-state index contributed by atoms with van der Waals surface area (Å²) in [7, 11) is -2.97. The molecule has 9 heteroatoms. The van der Waals surface area contributed by atoms with E-state index < -0.39 is 31.9 Å². The second-order valence-electron chi connectivity index (χ2n) is 17.0. The number of hydrogen-bond donors (Lipinski definition) is 1. The van der Waals surface area contributed by atoms with Crippen molar-refractivity contribution in [1.82, 2.24) is 14.5 Å². The van der Waals surface area contributed by atoms with Crippen LogP contribution >= 0.6 is 0 Å². The topological polar surface area (TPSA) is 82.6 Å². The van der Waals surface area contributed by atoms with Gasteiger partial charge in [0.1, 0.15) is 5.82 Å². The normalized spacial score (nSPS) is 18.1. The molecule has 0 amide bonds. The minimum Gasteiger partial charge on any atom is -0.405 e. The summed E-state index contributed by atoms with van der Waals surface area (Å²) in [4.78, 5) is 20.8. The fourth-order valence-electron chi connectivity index (χ4n) is 9.10. The van der Waals surface area contributed by atoms with Gasteiger partial charge < -0.3 is 14.9 Å². The van der Waals surface area contributed by atoms with Crippen molar-refractivity contribution in [3.8, 4) is 11.8 Å². The van der Waals surface area contributed by atoms with Gasteiger partial charge in [-0.2, -0.15) is 4.98 Å². The van der Waals surface area contributed by atoms with Gasteiger partial charge in [0.25, 0.3) is 8.32 Å². The Morgan fingerprint density at radius 2 is 1.11 bits per heavy atom. The van der Waals surface area contributed by atoms with E-state index in [1.807, 2.05) is 76.0 Å². The molecule has 5 aromatic carbocycles. The van der Waals surface area contributed by atoms with E-state index in [2.05, 4.69) is 176 Å². The molecule has 2 heterocycles. The molecular formula is C56H54FeN4O3Si+2. The van der Waals surface area contributed by atoms with Crippen LogP contribution in [0.5, 0.6) is 0 Å². The number of nitrogens with two attached hydrogens (primary N) is 1. The van der Waals surface area contributed by atoms with Crippen molar-refractivity contribution >= 4 is 24.5 Å². The van der Waals surface area contributed by atoms with E-state index in [4.69, 9.17) is 14.9 Å². The molecule has 2 N–H and O–H groups in total. The molecule has 7 nitrogen and oxygen atoms in total. The molecule has 3 fully saturated rings. The van der Waals surface area contributed by atoms with Crippen LogP contribution in [-0.4, -0.2) is 48.6 Å². The predicted molar refractivity (Wildman–Crippen MR) is 260 cm³/mol. The molecule has 1 saturated heterocycles. The zero-order valence-corrected chi connectivity index (χ0v) is 39.1. The molecule has 0 bridgehead atoms. The number of morpholine rings is 1. The van der Waals surface area contributed by atoms with E-state index in [9.17, 15) is 4.79 Å². The Bertz CT molecular complexity index is 2370. The van der Waals surface area contributed by atoms with Crippen molar-refractivity contribution in [2.24, 2.45) is 0 Å². The molecule has 2 aliphatic carbocycles. The Morgan fingerprint density at radius 3 is 1.55 bits per heavy atom. The summed E-state index contributed by atoms with van der Waals surface area (Å²) in [6.45, 7) is 7.94. The largest absolute Gasteiger partial charge is 2.00 e. The molecule has 326 valence electrons. The number of nitrogen functional groups attached to an aromatic ring is 1. The van der Waals surface area contributed by atoms with Crippen LogP contribution in [0.1, 0.15) is 49.3 Å². The summed E-state index contributed by atoms with van der Waals surface area (Å²) < 4.78 is 16.2. The van der Waals surface area contributed by atoms with Crippen LogP contribution in [0.2, 0.25) is 5.04 Å². The zero-order chi connectivity index (χ0) is 44.4. The third-order valence-corrected chi connectivity index (χ3v) is 17.0. The first kappa shape index (κ1) is 47.9. The van der Waals surface area contributed by atoms with Crippen LogP contribution in [0.15, 0.2) is 163 Å². The molecule has 10 radical (unpaired) electrons. The second-order valence-corrected chi connectivity index (χ2v) is 21.3. The predicted octanol–water partition coefficient (Wildman–Crippen LogP) is 8.37. The van der Waals surface area contributed by atoms with E-state index >= 15 is 0 Å². The minimum absolute atomic E-state index is 0. The van der Waals surface area contributed by atoms with Crippen LogP contribution in [0.4, 0.5) is 5.82 Å². The number of rotatable bonds is 10. The average molecular weight is 915 g/mol. The summed E-state index contributed by atoms with van der Waals surface area (Å²) >= 11 is 0. The Hall–Kier alpha value is -5.04. The molecule has 1 aromatic heterocycles. The molecule has 6 aromatic rings. The Kier molecular flexibility index (Phi) is 16.2. The van der Waals surface area contributed by atoms with Crippen molar-refractivity contribution in [2.75, 3.05) is 25.4 Å². The van der Waals surface area contributed by atoms with Gasteiger partial charge in [-0.05, 0) is 89.9 Å². The van der Waals surface area contributed by atoms with Crippen molar-refractivity contribution in [3.63, 3.8) is 0 Å². The second kappa shape index (κ2) is 22.0. The molecule has 1 aliphatic heterocycles. The first-order valence-corrected chi connectivity index (χ1v) is 23.7. The standard InChI is InChI=1S/C51H49N4O3Si.C5H5.Fe/c1-50(2,3)59(45-29-15-7-16-30-45,46-31-17-8-18-32-46)57-38-44-36-54(37-47(58-44)55-35-40(48(52)53-49(55)56)34-33-39-21-19-20-22-39)51(41-23-9-4-10-24-41,42-25-11-5-12-26-42)43-27-13-6-14-28-43;1-2-4-5-3-1;/h4-32,35,44,47H,36-38H2,1-3H3,(H2,52,53,56);1-5H;/q;;+2/t44-,47+;;/m0../s1. The van der Waals surface area contributed by atoms with Crippen molar-refractivity contribution in [2.45, 2.75) is 43.7 Å². The Morgan fingerprint density at radius 1 is 0.662 bits per heavy atom. The van der Waals surface area contributed by atoms with Gasteiger partial charge in [-0.1, -0.05) is 184 Å². The number of ether oxygens (including phenoxy) is 1. The number of aromatic nitrogens is 2. The maximum absolute atomic E-state index is 14.0. The van der Waals surface area contributed by atoms with E-state index in [0.717, 1.165) is 22.6 Å². The fourth-order valence-corrected chi connectivity index (χ4v) is 13.7. The van der Waals surface area contributed by atoms with Gasteiger partial charge in [-0.25, -0.2) is 4.79 Å². The van der Waals surface area contributed by atoms with Gasteiger partial charge in [-0.3, -0.25) is 9.47 Å². The molecule has 9 rings (SSSR count). The number of anilines is 1. The number of hydrogen-bond acceptors (Lipinski definition) is 6. The third kappa shape index (κ3) is 10.5. The van der Waals surface area contributed by atoms with Crippen molar-refractivity contribution < 1.29 is 26.2 Å². The molecular weight excluding hydrogens is 861 g/mol. The molecule has 2 saturated carbocycles. The van der Waals surface area contributed by atoms with Crippen LogP contribution < -0.4 is 21.8 Å². The van der Waals surface area contributed by atoms with Crippen LogP contribution in [0.25, 0.3) is 0 Å². The van der Waals surface area contributed by atoms with Gasteiger partial charge in [0.2, 0.25) is 0 Å². The SMILES string of the molecule is CC(C)(C)[Si](OC[C@@H]1CN(C(c2ccccc2)(c2ccccc2)c2ccccc2)C[C@H](n2cc(C#C[C]3[CH][CH][CH][CH]3)c(N)nc2=O)O1)(c1ccccc1)c1ccccc1.[CH]1[CH][CH][CH][CH]1.[Fe+2]. The minimum atomic E-state index is -2.97. The average Bonchev–Trinajstić information content (AvgIpc) is 4.10. The zero-order valence-electron chi connectivity index (χ0n) is 37.0. The summed E-state index contributed by atoms with van der Waals surface area (Å²) in [5, 5.41) is 2.11. The maximum atomic E-state index is 14.0. The van der Waals surface area contributed by atoms with Gasteiger partial charge >= 0.3 is 22.8 Å². The van der Waals surface area contributed by atoms with Crippen molar-refractivity contribution in [3.05, 3.63) is 254 Å². The van der Waals surface area contributed by atoms with Gasteiger partial charge in [-0.15, -0.1) is 0 Å². The van der Waals surface area contributed by atoms with E-state index in [1.165, 1.54) is 10.4 Å². The smallest absolute Gasteiger partial charge is 0.405 e. The molecule has 0 spiro atoms.